The van der Waals surface area contributed by atoms with Gasteiger partial charge in [-0.15, -0.1) is 0 Å². The van der Waals surface area contributed by atoms with Crippen LogP contribution in [0.1, 0.15) is 12.5 Å². The minimum Gasteiger partial charge on any atom is -0.508 e. The molecule has 24 heavy (non-hydrogen) atoms. The summed E-state index contributed by atoms with van der Waals surface area (Å²) in [6.07, 6.45) is 1.76. The third-order valence-electron chi connectivity index (χ3n) is 3.42. The molecule has 0 aliphatic carbocycles. The number of thioether (sulfide) groups is 1. The Morgan fingerprint density at radius 3 is 2.67 bits per heavy atom. The second-order valence-corrected chi connectivity index (χ2v) is 6.57. The summed E-state index contributed by atoms with van der Waals surface area (Å²) < 4.78 is 0. The largest absolute Gasteiger partial charge is 0.508 e. The third kappa shape index (κ3) is 3.63. The fourth-order valence-electron chi connectivity index (χ4n) is 2.26. The van der Waals surface area contributed by atoms with Crippen LogP contribution in [-0.2, 0) is 4.79 Å². The third-order valence-corrected chi connectivity index (χ3v) is 4.68. The maximum atomic E-state index is 12.6. The van der Waals surface area contributed by atoms with Crippen molar-refractivity contribution in [1.29, 1.82) is 0 Å². The van der Waals surface area contributed by atoms with Crippen LogP contribution in [-0.4, -0.2) is 27.6 Å². The monoisotopic (exact) mass is 358 g/mol. The molecule has 0 spiro atoms. The van der Waals surface area contributed by atoms with Crippen LogP contribution in [0.2, 0.25) is 5.02 Å². The quantitative estimate of drug-likeness (QED) is 0.811. The Morgan fingerprint density at radius 2 is 2.00 bits per heavy atom. The van der Waals surface area contributed by atoms with E-state index in [1.807, 2.05) is 25.1 Å². The van der Waals surface area contributed by atoms with E-state index >= 15 is 0 Å². The van der Waals surface area contributed by atoms with Crippen molar-refractivity contribution in [2.24, 2.45) is 4.99 Å². The van der Waals surface area contributed by atoms with Crippen molar-refractivity contribution in [3.63, 3.8) is 0 Å². The van der Waals surface area contributed by atoms with Crippen molar-refractivity contribution in [2.75, 3.05) is 6.54 Å². The molecule has 3 rings (SSSR count). The van der Waals surface area contributed by atoms with Crippen LogP contribution in [0.4, 0.5) is 5.69 Å². The molecule has 1 heterocycles. The molecule has 2 aromatic carbocycles. The molecule has 0 unspecified atom stereocenters. The maximum absolute atomic E-state index is 12.6. The van der Waals surface area contributed by atoms with Crippen LogP contribution in [0.3, 0.4) is 0 Å². The lowest BCUT2D eigenvalue weighted by atomic mass is 10.2. The van der Waals surface area contributed by atoms with E-state index in [4.69, 9.17) is 11.6 Å². The van der Waals surface area contributed by atoms with Gasteiger partial charge in [-0.2, -0.15) is 0 Å². The first-order valence-electron chi connectivity index (χ1n) is 7.41. The molecule has 0 saturated carbocycles. The van der Waals surface area contributed by atoms with Gasteiger partial charge in [0.1, 0.15) is 5.75 Å². The smallest absolute Gasteiger partial charge is 0.266 e. The lowest BCUT2D eigenvalue weighted by Gasteiger charge is -2.11. The molecule has 1 saturated heterocycles. The number of amides is 1. The molecular weight excluding hydrogens is 344 g/mol. The molecule has 4 nitrogen and oxygen atoms in total. The van der Waals surface area contributed by atoms with Crippen LogP contribution < -0.4 is 0 Å². The van der Waals surface area contributed by atoms with Crippen LogP contribution in [0.25, 0.3) is 6.08 Å². The highest BCUT2D eigenvalue weighted by molar-refractivity contribution is 8.18. The number of aromatic hydroxyl groups is 1. The minimum atomic E-state index is -0.0847. The zero-order chi connectivity index (χ0) is 17.1. The summed E-state index contributed by atoms with van der Waals surface area (Å²) in [5.74, 6) is 0.0840. The molecule has 6 heteroatoms. The number of nitrogens with zero attached hydrogens (tertiary/aromatic N) is 2. The van der Waals surface area contributed by atoms with Crippen molar-refractivity contribution in [1.82, 2.24) is 4.90 Å². The first-order chi connectivity index (χ1) is 11.6. The van der Waals surface area contributed by atoms with Crippen molar-refractivity contribution in [3.05, 3.63) is 64.0 Å². The molecule has 2 aromatic rings. The number of phenols is 1. The van der Waals surface area contributed by atoms with Gasteiger partial charge < -0.3 is 5.11 Å². The summed E-state index contributed by atoms with van der Waals surface area (Å²) in [6.45, 7) is 2.45. The first-order valence-corrected chi connectivity index (χ1v) is 8.61. The molecule has 1 aliphatic rings. The predicted molar refractivity (Wildman–Crippen MR) is 99.6 cm³/mol. The van der Waals surface area contributed by atoms with E-state index in [0.717, 1.165) is 11.3 Å². The lowest BCUT2D eigenvalue weighted by molar-refractivity contribution is -0.122. The number of amidine groups is 1. The van der Waals surface area contributed by atoms with Gasteiger partial charge in [0.05, 0.1) is 10.6 Å². The molecule has 1 N–H and O–H groups in total. The zero-order valence-corrected chi connectivity index (χ0v) is 14.5. The highest BCUT2D eigenvalue weighted by Gasteiger charge is 2.32. The standard InChI is InChI=1S/C18H15ClN2O2S/c1-2-21-17(23)16(11-12-4-3-5-15(22)10-12)24-18(21)20-14-8-6-13(19)7-9-14/h3-11,22H,2H2,1H3/b16-11+,20-18?. The van der Waals surface area contributed by atoms with E-state index in [1.54, 1.807) is 41.3 Å². The van der Waals surface area contributed by atoms with Gasteiger partial charge in [0.25, 0.3) is 5.91 Å². The average Bonchev–Trinajstić information content (AvgIpc) is 2.84. The van der Waals surface area contributed by atoms with Gasteiger partial charge in [0.15, 0.2) is 5.17 Å². The Labute approximate surface area is 149 Å². The fraction of sp³-hybridized carbons (Fsp3) is 0.111. The van der Waals surface area contributed by atoms with Gasteiger partial charge in [0.2, 0.25) is 0 Å². The lowest BCUT2D eigenvalue weighted by Crippen LogP contribution is -2.28. The number of halogens is 1. The van der Waals surface area contributed by atoms with Crippen molar-refractivity contribution >= 4 is 46.2 Å². The summed E-state index contributed by atoms with van der Waals surface area (Å²) in [4.78, 5) is 19.3. The van der Waals surface area contributed by atoms with Crippen molar-refractivity contribution in [3.8, 4) is 5.75 Å². The van der Waals surface area contributed by atoms with E-state index in [-0.39, 0.29) is 11.7 Å². The normalized spacial score (nSPS) is 17.9. The highest BCUT2D eigenvalue weighted by atomic mass is 35.5. The number of carbonyl (C=O) groups is 1. The Morgan fingerprint density at radius 1 is 1.25 bits per heavy atom. The number of phenolic OH excluding ortho intramolecular Hbond substituents is 1. The molecule has 0 aromatic heterocycles. The SMILES string of the molecule is CCN1C(=O)/C(=C\c2cccc(O)c2)SC1=Nc1ccc(Cl)cc1. The molecule has 0 atom stereocenters. The van der Waals surface area contributed by atoms with Gasteiger partial charge in [0, 0.05) is 11.6 Å². The number of hydrogen-bond acceptors (Lipinski definition) is 4. The van der Waals surface area contributed by atoms with Gasteiger partial charge in [-0.05, 0) is 66.7 Å². The Balaban J connectivity index is 1.92. The summed E-state index contributed by atoms with van der Waals surface area (Å²) in [6, 6.07) is 13.9. The van der Waals surface area contributed by atoms with E-state index in [0.29, 0.717) is 21.6 Å². The second kappa shape index (κ2) is 7.11. The topological polar surface area (TPSA) is 52.9 Å². The van der Waals surface area contributed by atoms with Crippen molar-refractivity contribution < 1.29 is 9.90 Å². The Bertz CT molecular complexity index is 831. The van der Waals surface area contributed by atoms with E-state index in [1.165, 1.54) is 11.8 Å². The van der Waals surface area contributed by atoms with Crippen LogP contribution >= 0.6 is 23.4 Å². The van der Waals surface area contributed by atoms with Gasteiger partial charge in [-0.25, -0.2) is 4.99 Å². The number of likely N-dealkylation sites (N-methyl/N-ethyl adjacent to an activating group) is 1. The fourth-order valence-corrected chi connectivity index (χ4v) is 3.45. The van der Waals surface area contributed by atoms with Gasteiger partial charge in [-0.1, -0.05) is 23.7 Å². The van der Waals surface area contributed by atoms with E-state index in [2.05, 4.69) is 4.99 Å². The molecular formula is C18H15ClN2O2S. The molecule has 1 aliphatic heterocycles. The average molecular weight is 359 g/mol. The highest BCUT2D eigenvalue weighted by Crippen LogP contribution is 2.34. The Hall–Kier alpha value is -2.24. The number of carbonyl (C=O) groups excluding carboxylic acids is 1. The minimum absolute atomic E-state index is 0.0847. The molecule has 0 bridgehead atoms. The van der Waals surface area contributed by atoms with E-state index in [9.17, 15) is 9.90 Å². The maximum Gasteiger partial charge on any atom is 0.266 e. The van der Waals surface area contributed by atoms with Crippen LogP contribution in [0, 0.1) is 0 Å². The number of rotatable bonds is 3. The summed E-state index contributed by atoms with van der Waals surface area (Å²) in [5.41, 5.74) is 1.52. The predicted octanol–water partition coefficient (Wildman–Crippen LogP) is 4.67. The van der Waals surface area contributed by atoms with Crippen molar-refractivity contribution in [2.45, 2.75) is 6.92 Å². The van der Waals surface area contributed by atoms with Gasteiger partial charge >= 0.3 is 0 Å². The second-order valence-electron chi connectivity index (χ2n) is 5.13. The van der Waals surface area contributed by atoms with Crippen LogP contribution in [0.5, 0.6) is 5.75 Å². The van der Waals surface area contributed by atoms with Gasteiger partial charge in [-0.3, -0.25) is 9.69 Å². The summed E-state index contributed by atoms with van der Waals surface area (Å²) in [5, 5.41) is 10.8. The molecule has 0 radical (unpaired) electrons. The molecule has 122 valence electrons. The summed E-state index contributed by atoms with van der Waals surface area (Å²) >= 11 is 7.21. The summed E-state index contributed by atoms with van der Waals surface area (Å²) in [7, 11) is 0. The molecule has 1 amide bonds. The van der Waals surface area contributed by atoms with Crippen LogP contribution in [0.15, 0.2) is 58.4 Å². The number of hydrogen-bond donors (Lipinski definition) is 1. The Kier molecular flexibility index (Phi) is 4.92. The zero-order valence-electron chi connectivity index (χ0n) is 12.9. The van der Waals surface area contributed by atoms with E-state index < -0.39 is 0 Å². The number of aliphatic imine (C=N–C) groups is 1. The first kappa shape index (κ1) is 16.6. The number of benzene rings is 2. The molecule has 1 fully saturated rings.